The smallest absolute Gasteiger partial charge is 0.229 e. The Morgan fingerprint density at radius 1 is 1.14 bits per heavy atom. The summed E-state index contributed by atoms with van der Waals surface area (Å²) >= 11 is 12.7. The monoisotopic (exact) mass is 562 g/mol. The van der Waals surface area contributed by atoms with Crippen molar-refractivity contribution in [2.24, 2.45) is 5.41 Å². The lowest BCUT2D eigenvalue weighted by Gasteiger charge is -2.52. The largest absolute Gasteiger partial charge is 0.330 e. The first-order valence-electron chi connectivity index (χ1n) is 12.9. The number of rotatable bonds is 10. The van der Waals surface area contributed by atoms with E-state index in [4.69, 9.17) is 23.2 Å². The van der Waals surface area contributed by atoms with Crippen LogP contribution in [0, 0.1) is 5.41 Å². The van der Waals surface area contributed by atoms with E-state index < -0.39 is 15.4 Å². The summed E-state index contributed by atoms with van der Waals surface area (Å²) in [5.41, 5.74) is 1.34. The first-order chi connectivity index (χ1) is 17.5. The number of carbonyl (C=O) groups is 1. The zero-order chi connectivity index (χ0) is 27.0. The van der Waals surface area contributed by atoms with Crippen LogP contribution in [-0.2, 0) is 14.8 Å². The second kappa shape index (κ2) is 11.1. The van der Waals surface area contributed by atoms with Gasteiger partial charge < -0.3 is 4.90 Å². The maximum atomic E-state index is 14.4. The highest BCUT2D eigenvalue weighted by molar-refractivity contribution is 7.90. The molecule has 1 heterocycles. The quantitative estimate of drug-likeness (QED) is 0.298. The fraction of sp³-hybridized carbons (Fsp3) is 0.483. The average molecular weight is 564 g/mol. The van der Waals surface area contributed by atoms with Crippen LogP contribution in [0.4, 0.5) is 0 Å². The summed E-state index contributed by atoms with van der Waals surface area (Å²) in [4.78, 5) is 16.3. The predicted molar refractivity (Wildman–Crippen MR) is 151 cm³/mol. The molecule has 4 rings (SSSR count). The molecule has 8 heteroatoms. The predicted octanol–water partition coefficient (Wildman–Crippen LogP) is 6.84. The van der Waals surface area contributed by atoms with Crippen molar-refractivity contribution in [2.45, 2.75) is 69.2 Å². The standard InChI is InChI=1S/C29H36Cl2N2O3S/c1-5-16-29(3)18-26(21-8-7-9-23(31)17-21)27(20-10-12-22(30)13-11-20)33(28(29)34)24(6-2)19-32(4)37(35,36)25-14-15-25/h5,7-13,17,24-27H,1,6,14-16,18-19H2,2-4H3/t24-,26+,27+,29-/m0/s1. The van der Waals surface area contributed by atoms with Crippen LogP contribution in [0.5, 0.6) is 0 Å². The Labute approximate surface area is 231 Å². The minimum atomic E-state index is -3.38. The van der Waals surface area contributed by atoms with Gasteiger partial charge in [-0.05, 0) is 67.5 Å². The van der Waals surface area contributed by atoms with Crippen molar-refractivity contribution >= 4 is 39.1 Å². The topological polar surface area (TPSA) is 57.7 Å². The fourth-order valence-electron chi connectivity index (χ4n) is 5.72. The molecular formula is C29H36Cl2N2O3S. The minimum absolute atomic E-state index is 0.0229. The first kappa shape index (κ1) is 28.2. The van der Waals surface area contributed by atoms with E-state index in [1.165, 1.54) is 4.31 Å². The lowest BCUT2D eigenvalue weighted by atomic mass is 9.67. The number of hydrogen-bond donors (Lipinski definition) is 0. The first-order valence-corrected chi connectivity index (χ1v) is 15.2. The lowest BCUT2D eigenvalue weighted by molar-refractivity contribution is -0.154. The maximum Gasteiger partial charge on any atom is 0.229 e. The highest BCUT2D eigenvalue weighted by Gasteiger charge is 2.51. The van der Waals surface area contributed by atoms with E-state index in [1.54, 1.807) is 13.1 Å². The van der Waals surface area contributed by atoms with Crippen LogP contribution < -0.4 is 0 Å². The molecule has 5 nitrogen and oxygen atoms in total. The summed E-state index contributed by atoms with van der Waals surface area (Å²) in [7, 11) is -1.74. The lowest BCUT2D eigenvalue weighted by Crippen LogP contribution is -2.58. The van der Waals surface area contributed by atoms with Crippen LogP contribution in [0.3, 0.4) is 0 Å². The van der Waals surface area contributed by atoms with Gasteiger partial charge in [0, 0.05) is 35.6 Å². The Morgan fingerprint density at radius 3 is 2.38 bits per heavy atom. The minimum Gasteiger partial charge on any atom is -0.330 e. The van der Waals surface area contributed by atoms with Crippen molar-refractivity contribution in [3.8, 4) is 0 Å². The molecule has 0 unspecified atom stereocenters. The van der Waals surface area contributed by atoms with Crippen molar-refractivity contribution in [2.75, 3.05) is 13.6 Å². The Bertz CT molecular complexity index is 1250. The number of hydrogen-bond acceptors (Lipinski definition) is 3. The molecule has 0 radical (unpaired) electrons. The molecular weight excluding hydrogens is 527 g/mol. The number of halogens is 2. The zero-order valence-corrected chi connectivity index (χ0v) is 24.1. The molecule has 37 heavy (non-hydrogen) atoms. The van der Waals surface area contributed by atoms with Gasteiger partial charge in [-0.15, -0.1) is 6.58 Å². The molecule has 2 aromatic rings. The Kier molecular flexibility index (Phi) is 8.44. The van der Waals surface area contributed by atoms with E-state index >= 15 is 0 Å². The molecule has 200 valence electrons. The van der Waals surface area contributed by atoms with Gasteiger partial charge in [-0.25, -0.2) is 12.7 Å². The highest BCUT2D eigenvalue weighted by Crippen LogP contribution is 2.52. The summed E-state index contributed by atoms with van der Waals surface area (Å²) in [5.74, 6) is -0.0309. The molecule has 1 aliphatic carbocycles. The number of sulfonamides is 1. The van der Waals surface area contributed by atoms with Crippen LogP contribution in [0.1, 0.15) is 69.0 Å². The third-order valence-electron chi connectivity index (χ3n) is 7.90. The Hall–Kier alpha value is -1.86. The van der Waals surface area contributed by atoms with Gasteiger partial charge in [0.25, 0.3) is 0 Å². The van der Waals surface area contributed by atoms with Crippen molar-refractivity contribution in [1.29, 1.82) is 0 Å². The fourth-order valence-corrected chi connectivity index (χ4v) is 7.67. The van der Waals surface area contributed by atoms with Crippen LogP contribution in [0.25, 0.3) is 0 Å². The van der Waals surface area contributed by atoms with Gasteiger partial charge >= 0.3 is 0 Å². The molecule has 1 amide bonds. The summed E-state index contributed by atoms with van der Waals surface area (Å²) in [5, 5.41) is 0.962. The van der Waals surface area contributed by atoms with E-state index in [9.17, 15) is 13.2 Å². The van der Waals surface area contributed by atoms with E-state index in [1.807, 2.05) is 61.2 Å². The number of amides is 1. The molecule has 1 aliphatic heterocycles. The van der Waals surface area contributed by atoms with Crippen LogP contribution >= 0.6 is 23.2 Å². The van der Waals surface area contributed by atoms with Crippen LogP contribution in [-0.4, -0.2) is 48.4 Å². The maximum absolute atomic E-state index is 14.4. The highest BCUT2D eigenvalue weighted by atomic mass is 35.5. The average Bonchev–Trinajstić information content (AvgIpc) is 3.71. The molecule has 4 atom stereocenters. The van der Waals surface area contributed by atoms with Gasteiger partial charge in [-0.2, -0.15) is 0 Å². The Balaban J connectivity index is 1.85. The molecule has 1 saturated heterocycles. The third kappa shape index (κ3) is 5.78. The molecule has 2 aliphatic rings. The molecule has 0 N–H and O–H groups in total. The van der Waals surface area contributed by atoms with Gasteiger partial charge in [0.15, 0.2) is 0 Å². The number of likely N-dealkylation sites (tertiary alicyclic amines) is 1. The van der Waals surface area contributed by atoms with E-state index in [0.29, 0.717) is 42.1 Å². The SMILES string of the molecule is C=CC[C@@]1(C)C[C@H](c2cccc(Cl)c2)[C@@H](c2ccc(Cl)cc2)N([C@@H](CC)CN(C)S(=O)(=O)C2CC2)C1=O. The van der Waals surface area contributed by atoms with Crippen molar-refractivity contribution in [3.63, 3.8) is 0 Å². The van der Waals surface area contributed by atoms with E-state index in [2.05, 4.69) is 12.6 Å². The summed E-state index contributed by atoms with van der Waals surface area (Å²) in [6.45, 7) is 8.20. The molecule has 2 fully saturated rings. The zero-order valence-electron chi connectivity index (χ0n) is 21.7. The van der Waals surface area contributed by atoms with Crippen molar-refractivity contribution in [3.05, 3.63) is 82.4 Å². The van der Waals surface area contributed by atoms with Crippen LogP contribution in [0.15, 0.2) is 61.2 Å². The normalized spacial score (nSPS) is 25.4. The number of benzene rings is 2. The van der Waals surface area contributed by atoms with Gasteiger partial charge in [-0.1, -0.05) is 67.4 Å². The molecule has 2 aromatic carbocycles. The van der Waals surface area contributed by atoms with Crippen LogP contribution in [0.2, 0.25) is 10.0 Å². The summed E-state index contributed by atoms with van der Waals surface area (Å²) < 4.78 is 27.5. The molecule has 1 saturated carbocycles. The Morgan fingerprint density at radius 2 is 1.81 bits per heavy atom. The molecule has 0 aromatic heterocycles. The molecule has 0 spiro atoms. The van der Waals surface area contributed by atoms with Gasteiger partial charge in [0.05, 0.1) is 16.7 Å². The van der Waals surface area contributed by atoms with E-state index in [0.717, 1.165) is 11.1 Å². The van der Waals surface area contributed by atoms with Gasteiger partial charge in [0.2, 0.25) is 15.9 Å². The number of piperidine rings is 1. The number of allylic oxidation sites excluding steroid dienone is 1. The number of carbonyl (C=O) groups excluding carboxylic acids is 1. The second-order valence-electron chi connectivity index (χ2n) is 10.7. The van der Waals surface area contributed by atoms with Crippen molar-refractivity contribution < 1.29 is 13.2 Å². The molecule has 0 bridgehead atoms. The summed E-state index contributed by atoms with van der Waals surface area (Å²) in [6, 6.07) is 14.8. The van der Waals surface area contributed by atoms with Gasteiger partial charge in [0.1, 0.15) is 0 Å². The number of nitrogens with zero attached hydrogens (tertiary/aromatic N) is 2. The third-order valence-corrected chi connectivity index (χ3v) is 10.7. The summed E-state index contributed by atoms with van der Waals surface area (Å²) in [6.07, 6.45) is 4.97. The number of likely N-dealkylation sites (N-methyl/N-ethyl adjacent to an activating group) is 1. The van der Waals surface area contributed by atoms with Gasteiger partial charge in [-0.3, -0.25) is 4.79 Å². The van der Waals surface area contributed by atoms with E-state index in [-0.39, 0.29) is 35.7 Å². The van der Waals surface area contributed by atoms with Crippen molar-refractivity contribution in [1.82, 2.24) is 9.21 Å². The second-order valence-corrected chi connectivity index (χ2v) is 13.9.